The van der Waals surface area contributed by atoms with Crippen molar-refractivity contribution in [1.82, 2.24) is 23.3 Å². The Morgan fingerprint density at radius 3 is 2.57 bits per heavy atom. The van der Waals surface area contributed by atoms with E-state index in [4.69, 9.17) is 0 Å². The molecule has 1 aliphatic rings. The van der Waals surface area contributed by atoms with Crippen molar-refractivity contribution in [3.63, 3.8) is 0 Å². The minimum Gasteiger partial charge on any atom is -0.273 e. The van der Waals surface area contributed by atoms with E-state index < -0.39 is 20.1 Å². The Kier molecular flexibility index (Phi) is 5.66. The number of hydrogen-bond donors (Lipinski definition) is 0. The molecule has 1 aliphatic heterocycles. The SMILES string of the molecule is COS(=O)(=O)Cc1cc2ncnn2cc1C1CCN(S(=O)(=O)c2cc(C)ns2)CC1. The Morgan fingerprint density at radius 1 is 1.20 bits per heavy atom. The van der Waals surface area contributed by atoms with Crippen LogP contribution < -0.4 is 0 Å². The van der Waals surface area contributed by atoms with Gasteiger partial charge in [-0.05, 0) is 60.5 Å². The molecule has 30 heavy (non-hydrogen) atoms. The fourth-order valence-electron chi connectivity index (χ4n) is 3.65. The summed E-state index contributed by atoms with van der Waals surface area (Å²) in [4.78, 5) is 4.13. The van der Waals surface area contributed by atoms with Gasteiger partial charge in [0.05, 0.1) is 12.8 Å². The number of hydrogen-bond acceptors (Lipinski definition) is 9. The van der Waals surface area contributed by atoms with E-state index >= 15 is 0 Å². The Hall–Kier alpha value is -1.93. The molecule has 1 saturated heterocycles. The molecule has 0 unspecified atom stereocenters. The number of nitrogens with zero attached hydrogens (tertiary/aromatic N) is 5. The van der Waals surface area contributed by atoms with Crippen LogP contribution >= 0.6 is 11.5 Å². The van der Waals surface area contributed by atoms with Crippen LogP contribution in [-0.4, -0.2) is 60.3 Å². The first-order chi connectivity index (χ1) is 14.2. The molecule has 0 aliphatic carbocycles. The molecule has 0 atom stereocenters. The topological polar surface area (TPSA) is 124 Å². The summed E-state index contributed by atoms with van der Waals surface area (Å²) < 4.78 is 61.8. The third-order valence-electron chi connectivity index (χ3n) is 5.22. The van der Waals surface area contributed by atoms with Crippen molar-refractivity contribution < 1.29 is 21.0 Å². The van der Waals surface area contributed by atoms with Crippen LogP contribution in [-0.2, 0) is 30.1 Å². The first-order valence-electron chi connectivity index (χ1n) is 9.23. The molecule has 3 aromatic heterocycles. The highest BCUT2D eigenvalue weighted by molar-refractivity contribution is 7.91. The molecular formula is C17H21N5O5S3. The van der Waals surface area contributed by atoms with Crippen LogP contribution in [0.5, 0.6) is 0 Å². The highest BCUT2D eigenvalue weighted by atomic mass is 32.2. The van der Waals surface area contributed by atoms with Crippen molar-refractivity contribution in [3.8, 4) is 0 Å². The summed E-state index contributed by atoms with van der Waals surface area (Å²) in [5.41, 5.74) is 2.63. The van der Waals surface area contributed by atoms with E-state index in [0.29, 0.717) is 42.8 Å². The maximum atomic E-state index is 12.9. The summed E-state index contributed by atoms with van der Waals surface area (Å²) in [6.45, 7) is 2.45. The molecule has 0 radical (unpaired) electrons. The molecule has 13 heteroatoms. The van der Waals surface area contributed by atoms with E-state index in [1.54, 1.807) is 29.8 Å². The third-order valence-corrected chi connectivity index (χ3v) is 9.59. The molecular weight excluding hydrogens is 450 g/mol. The average molecular weight is 472 g/mol. The molecule has 3 aromatic rings. The van der Waals surface area contributed by atoms with Crippen LogP contribution in [0, 0.1) is 6.92 Å². The summed E-state index contributed by atoms with van der Waals surface area (Å²) in [5.74, 6) is -0.281. The summed E-state index contributed by atoms with van der Waals surface area (Å²) in [6, 6.07) is 3.28. The zero-order chi connectivity index (χ0) is 21.5. The van der Waals surface area contributed by atoms with E-state index in [0.717, 1.165) is 24.2 Å². The van der Waals surface area contributed by atoms with E-state index in [2.05, 4.69) is 18.6 Å². The lowest BCUT2D eigenvalue weighted by atomic mass is 9.89. The average Bonchev–Trinajstić information content (AvgIpc) is 3.36. The van der Waals surface area contributed by atoms with Gasteiger partial charge in [0, 0.05) is 19.3 Å². The van der Waals surface area contributed by atoms with Crippen LogP contribution in [0.3, 0.4) is 0 Å². The quantitative estimate of drug-likeness (QED) is 0.496. The van der Waals surface area contributed by atoms with Gasteiger partial charge in [0.25, 0.3) is 20.1 Å². The zero-order valence-corrected chi connectivity index (χ0v) is 18.9. The fraction of sp³-hybridized carbons (Fsp3) is 0.471. The molecule has 0 bridgehead atoms. The maximum Gasteiger partial charge on any atom is 0.271 e. The Morgan fingerprint density at radius 2 is 1.93 bits per heavy atom. The molecule has 0 N–H and O–H groups in total. The van der Waals surface area contributed by atoms with Gasteiger partial charge in [0.2, 0.25) is 0 Å². The normalized spacial score (nSPS) is 17.0. The minimum atomic E-state index is -3.72. The van der Waals surface area contributed by atoms with Crippen LogP contribution in [0.1, 0.15) is 35.6 Å². The minimum absolute atomic E-state index is 0.00435. The number of aryl methyl sites for hydroxylation is 1. The van der Waals surface area contributed by atoms with E-state index in [1.807, 2.05) is 0 Å². The van der Waals surface area contributed by atoms with E-state index in [9.17, 15) is 16.8 Å². The van der Waals surface area contributed by atoms with Crippen LogP contribution in [0.4, 0.5) is 0 Å². The number of pyridine rings is 1. The largest absolute Gasteiger partial charge is 0.273 e. The highest BCUT2D eigenvalue weighted by Crippen LogP contribution is 2.34. The molecule has 1 fully saturated rings. The molecule has 0 spiro atoms. The maximum absolute atomic E-state index is 12.9. The van der Waals surface area contributed by atoms with Crippen LogP contribution in [0.2, 0.25) is 0 Å². The first kappa shape index (κ1) is 21.3. The van der Waals surface area contributed by atoms with Gasteiger partial charge in [-0.3, -0.25) is 4.18 Å². The van der Waals surface area contributed by atoms with Gasteiger partial charge in [-0.25, -0.2) is 17.9 Å². The number of piperidine rings is 1. The smallest absolute Gasteiger partial charge is 0.271 e. The Balaban J connectivity index is 1.60. The molecule has 162 valence electrons. The summed E-state index contributed by atoms with van der Waals surface area (Å²) in [7, 11) is -6.16. The second-order valence-corrected chi connectivity index (χ2v) is 11.9. The zero-order valence-electron chi connectivity index (χ0n) is 16.4. The molecule has 0 aromatic carbocycles. The second-order valence-electron chi connectivity index (χ2n) is 7.15. The predicted molar refractivity (Wildman–Crippen MR) is 110 cm³/mol. The van der Waals surface area contributed by atoms with Gasteiger partial charge in [0.15, 0.2) is 9.86 Å². The van der Waals surface area contributed by atoms with Crippen molar-refractivity contribution in [2.75, 3.05) is 20.2 Å². The van der Waals surface area contributed by atoms with E-state index in [1.165, 1.54) is 10.6 Å². The van der Waals surface area contributed by atoms with Gasteiger partial charge >= 0.3 is 0 Å². The highest BCUT2D eigenvalue weighted by Gasteiger charge is 2.32. The standard InChI is InChI=1S/C17H21N5O5S3/c1-12-7-17(28-20-12)30(25,26)21-5-3-13(4-6-21)15-9-22-16(18-11-19-22)8-14(15)10-29(23,24)27-2/h7-9,11,13H,3-6,10H2,1-2H3. The fourth-order valence-corrected chi connectivity index (χ4v) is 6.98. The second kappa shape index (κ2) is 7.96. The first-order valence-corrected chi connectivity index (χ1v) is 13.0. The third kappa shape index (κ3) is 4.12. The van der Waals surface area contributed by atoms with Crippen molar-refractivity contribution >= 4 is 37.3 Å². The summed E-state index contributed by atoms with van der Waals surface area (Å²) in [5, 5.41) is 4.14. The van der Waals surface area contributed by atoms with Gasteiger partial charge in [-0.15, -0.1) is 0 Å². The van der Waals surface area contributed by atoms with Crippen molar-refractivity contribution in [1.29, 1.82) is 0 Å². The summed E-state index contributed by atoms with van der Waals surface area (Å²) >= 11 is 0.982. The lowest BCUT2D eigenvalue weighted by molar-refractivity contribution is 0.319. The lowest BCUT2D eigenvalue weighted by Gasteiger charge is -2.31. The van der Waals surface area contributed by atoms with Gasteiger partial charge in [-0.1, -0.05) is 0 Å². The van der Waals surface area contributed by atoms with Crippen LogP contribution in [0.25, 0.3) is 5.65 Å². The van der Waals surface area contributed by atoms with Gasteiger partial charge < -0.3 is 0 Å². The van der Waals surface area contributed by atoms with Gasteiger partial charge in [-0.2, -0.15) is 22.2 Å². The van der Waals surface area contributed by atoms with Crippen molar-refractivity contribution in [2.24, 2.45) is 0 Å². The molecule has 0 amide bonds. The Bertz CT molecular complexity index is 1270. The predicted octanol–water partition coefficient (Wildman–Crippen LogP) is 1.54. The van der Waals surface area contributed by atoms with Crippen molar-refractivity contribution in [2.45, 2.75) is 35.6 Å². The molecule has 10 nitrogen and oxygen atoms in total. The number of sulfonamides is 1. The molecule has 4 rings (SSSR count). The van der Waals surface area contributed by atoms with E-state index in [-0.39, 0.29) is 15.9 Å². The lowest BCUT2D eigenvalue weighted by Crippen LogP contribution is -2.37. The van der Waals surface area contributed by atoms with Crippen molar-refractivity contribution in [3.05, 3.63) is 41.5 Å². The van der Waals surface area contributed by atoms with Gasteiger partial charge in [0.1, 0.15) is 12.1 Å². The Labute approximate surface area is 178 Å². The number of rotatable bonds is 6. The molecule has 4 heterocycles. The monoisotopic (exact) mass is 471 g/mol. The summed E-state index contributed by atoms with van der Waals surface area (Å²) in [6.07, 6.45) is 4.32. The number of fused-ring (bicyclic) bond motifs is 1. The number of aromatic nitrogens is 4. The van der Waals surface area contributed by atoms with Crippen LogP contribution in [0.15, 0.2) is 28.9 Å². The molecule has 0 saturated carbocycles.